The van der Waals surface area contributed by atoms with E-state index in [9.17, 15) is 0 Å². The minimum atomic E-state index is 0.232. The topological polar surface area (TPSA) is 46.2 Å². The summed E-state index contributed by atoms with van der Waals surface area (Å²) in [7, 11) is 0. The van der Waals surface area contributed by atoms with Crippen LogP contribution in [0.15, 0.2) is 22.7 Å². The molecule has 0 unspecified atom stereocenters. The Morgan fingerprint density at radius 1 is 1.42 bits per heavy atom. The molecule has 0 saturated carbocycles. The first kappa shape index (κ1) is 9.55. The Hall–Kier alpha value is -0.540. The fourth-order valence-corrected chi connectivity index (χ4v) is 1.28. The van der Waals surface area contributed by atoms with E-state index in [2.05, 4.69) is 15.9 Å². The van der Waals surface area contributed by atoms with Crippen molar-refractivity contribution in [2.75, 3.05) is 12.3 Å². The highest BCUT2D eigenvalue weighted by molar-refractivity contribution is 9.10. The van der Waals surface area contributed by atoms with Crippen LogP contribution < -0.4 is 5.73 Å². The number of hydrogen-bond donors (Lipinski definition) is 2. The number of rotatable bonds is 3. The molecular formula is C9H12BrNO. The highest BCUT2D eigenvalue weighted by Gasteiger charge is 1.97. The molecule has 66 valence electrons. The van der Waals surface area contributed by atoms with Crippen molar-refractivity contribution in [2.24, 2.45) is 0 Å². The van der Waals surface area contributed by atoms with E-state index in [0.717, 1.165) is 23.0 Å². The van der Waals surface area contributed by atoms with Gasteiger partial charge < -0.3 is 10.8 Å². The zero-order chi connectivity index (χ0) is 8.97. The highest BCUT2D eigenvalue weighted by atomic mass is 79.9. The quantitative estimate of drug-likeness (QED) is 0.779. The summed E-state index contributed by atoms with van der Waals surface area (Å²) >= 11 is 3.32. The molecule has 0 aliphatic carbocycles. The molecule has 1 aromatic carbocycles. The van der Waals surface area contributed by atoms with E-state index in [0.29, 0.717) is 0 Å². The minimum Gasteiger partial charge on any atom is -0.398 e. The van der Waals surface area contributed by atoms with Crippen LogP contribution in [0.3, 0.4) is 0 Å². The SMILES string of the molecule is Nc1cc(CCCO)ccc1Br. The Labute approximate surface area is 80.5 Å². The highest BCUT2D eigenvalue weighted by Crippen LogP contribution is 2.20. The van der Waals surface area contributed by atoms with Gasteiger partial charge in [0.25, 0.3) is 0 Å². The summed E-state index contributed by atoms with van der Waals surface area (Å²) in [4.78, 5) is 0. The zero-order valence-electron chi connectivity index (χ0n) is 6.76. The van der Waals surface area contributed by atoms with Crippen LogP contribution in [0.25, 0.3) is 0 Å². The number of benzene rings is 1. The minimum absolute atomic E-state index is 0.232. The molecule has 2 nitrogen and oxygen atoms in total. The number of aryl methyl sites for hydroxylation is 1. The van der Waals surface area contributed by atoms with Gasteiger partial charge >= 0.3 is 0 Å². The molecule has 0 aliphatic rings. The molecule has 0 heterocycles. The average Bonchev–Trinajstić information content (AvgIpc) is 2.07. The number of aliphatic hydroxyl groups excluding tert-OH is 1. The lowest BCUT2D eigenvalue weighted by Crippen LogP contribution is -1.92. The van der Waals surface area contributed by atoms with Crippen LogP contribution in [-0.4, -0.2) is 11.7 Å². The van der Waals surface area contributed by atoms with E-state index in [4.69, 9.17) is 10.8 Å². The van der Waals surface area contributed by atoms with Gasteiger partial charge in [0.05, 0.1) is 0 Å². The second-order valence-electron chi connectivity index (χ2n) is 2.68. The second-order valence-corrected chi connectivity index (χ2v) is 3.54. The maximum Gasteiger partial charge on any atom is 0.0461 e. The first-order valence-electron chi connectivity index (χ1n) is 3.89. The fourth-order valence-electron chi connectivity index (χ4n) is 1.03. The van der Waals surface area contributed by atoms with E-state index >= 15 is 0 Å². The van der Waals surface area contributed by atoms with Gasteiger partial charge in [0.1, 0.15) is 0 Å². The van der Waals surface area contributed by atoms with Crippen LogP contribution in [0.2, 0.25) is 0 Å². The first-order valence-corrected chi connectivity index (χ1v) is 4.68. The van der Waals surface area contributed by atoms with E-state index in [-0.39, 0.29) is 6.61 Å². The molecule has 0 saturated heterocycles. The van der Waals surface area contributed by atoms with Crippen molar-refractivity contribution in [3.05, 3.63) is 28.2 Å². The molecule has 0 bridgehead atoms. The summed E-state index contributed by atoms with van der Waals surface area (Å²) in [6.45, 7) is 0.232. The number of hydrogen-bond acceptors (Lipinski definition) is 2. The molecule has 0 amide bonds. The summed E-state index contributed by atoms with van der Waals surface area (Å²) in [5.41, 5.74) is 7.61. The molecule has 3 heteroatoms. The molecule has 0 aromatic heterocycles. The molecule has 1 aromatic rings. The van der Waals surface area contributed by atoms with E-state index in [1.54, 1.807) is 0 Å². The van der Waals surface area contributed by atoms with Gasteiger partial charge in [-0.1, -0.05) is 6.07 Å². The Kier molecular flexibility index (Phi) is 3.56. The number of halogens is 1. The molecule has 0 atom stereocenters. The van der Waals surface area contributed by atoms with Gasteiger partial charge in [-0.2, -0.15) is 0 Å². The van der Waals surface area contributed by atoms with Crippen LogP contribution in [0.5, 0.6) is 0 Å². The number of anilines is 1. The van der Waals surface area contributed by atoms with Crippen LogP contribution in [0.4, 0.5) is 5.69 Å². The molecule has 0 fully saturated rings. The smallest absolute Gasteiger partial charge is 0.0461 e. The van der Waals surface area contributed by atoms with Gasteiger partial charge in [-0.25, -0.2) is 0 Å². The molecule has 0 radical (unpaired) electrons. The second kappa shape index (κ2) is 4.48. The Bertz CT molecular complexity index is 263. The summed E-state index contributed by atoms with van der Waals surface area (Å²) in [5, 5.41) is 8.61. The van der Waals surface area contributed by atoms with Gasteiger partial charge in [0.2, 0.25) is 0 Å². The van der Waals surface area contributed by atoms with Crippen molar-refractivity contribution in [3.8, 4) is 0 Å². The van der Waals surface area contributed by atoms with Gasteiger partial charge in [-0.3, -0.25) is 0 Å². The summed E-state index contributed by atoms with van der Waals surface area (Å²) in [5.74, 6) is 0. The van der Waals surface area contributed by atoms with Gasteiger partial charge in [-0.05, 0) is 46.5 Å². The van der Waals surface area contributed by atoms with E-state index in [1.807, 2.05) is 18.2 Å². The molecule has 3 N–H and O–H groups in total. The van der Waals surface area contributed by atoms with Crippen LogP contribution in [0, 0.1) is 0 Å². The number of nitrogen functional groups attached to an aromatic ring is 1. The molecule has 12 heavy (non-hydrogen) atoms. The van der Waals surface area contributed by atoms with Crippen molar-refractivity contribution in [1.29, 1.82) is 0 Å². The maximum absolute atomic E-state index is 8.61. The summed E-state index contributed by atoms with van der Waals surface area (Å²) < 4.78 is 0.926. The lowest BCUT2D eigenvalue weighted by molar-refractivity contribution is 0.288. The number of nitrogens with two attached hydrogens (primary N) is 1. The Balaban J connectivity index is 2.69. The van der Waals surface area contributed by atoms with Crippen molar-refractivity contribution >= 4 is 21.6 Å². The predicted octanol–water partition coefficient (Wildman–Crippen LogP) is 1.96. The molecule has 1 rings (SSSR count). The Morgan fingerprint density at radius 2 is 2.17 bits per heavy atom. The van der Waals surface area contributed by atoms with E-state index < -0.39 is 0 Å². The lowest BCUT2D eigenvalue weighted by atomic mass is 10.1. The molecule has 0 spiro atoms. The van der Waals surface area contributed by atoms with Crippen molar-refractivity contribution in [1.82, 2.24) is 0 Å². The monoisotopic (exact) mass is 229 g/mol. The van der Waals surface area contributed by atoms with Crippen LogP contribution in [-0.2, 0) is 6.42 Å². The van der Waals surface area contributed by atoms with Crippen LogP contribution in [0.1, 0.15) is 12.0 Å². The third-order valence-corrected chi connectivity index (χ3v) is 2.41. The van der Waals surface area contributed by atoms with E-state index in [1.165, 1.54) is 5.56 Å². The van der Waals surface area contributed by atoms with Crippen molar-refractivity contribution in [3.63, 3.8) is 0 Å². The van der Waals surface area contributed by atoms with Gasteiger partial charge in [0, 0.05) is 16.8 Å². The predicted molar refractivity (Wildman–Crippen MR) is 54.0 cm³/mol. The van der Waals surface area contributed by atoms with Gasteiger partial charge in [0.15, 0.2) is 0 Å². The molecule has 0 aliphatic heterocycles. The zero-order valence-corrected chi connectivity index (χ0v) is 8.34. The standard InChI is InChI=1S/C9H12BrNO/c10-8-4-3-7(2-1-5-12)6-9(8)11/h3-4,6,12H,1-2,5,11H2. The lowest BCUT2D eigenvalue weighted by Gasteiger charge is -2.02. The first-order chi connectivity index (χ1) is 5.74. The summed E-state index contributed by atoms with van der Waals surface area (Å²) in [6, 6.07) is 5.87. The molecular weight excluding hydrogens is 218 g/mol. The van der Waals surface area contributed by atoms with Crippen LogP contribution >= 0.6 is 15.9 Å². The third kappa shape index (κ3) is 2.50. The van der Waals surface area contributed by atoms with Crippen molar-refractivity contribution in [2.45, 2.75) is 12.8 Å². The largest absolute Gasteiger partial charge is 0.398 e. The average molecular weight is 230 g/mol. The maximum atomic E-state index is 8.61. The third-order valence-electron chi connectivity index (χ3n) is 1.68. The van der Waals surface area contributed by atoms with Gasteiger partial charge in [-0.15, -0.1) is 0 Å². The Morgan fingerprint density at radius 3 is 2.75 bits per heavy atom. The number of aliphatic hydroxyl groups is 1. The normalized spacial score (nSPS) is 10.2. The fraction of sp³-hybridized carbons (Fsp3) is 0.333. The van der Waals surface area contributed by atoms with Crippen molar-refractivity contribution < 1.29 is 5.11 Å². The summed E-state index contributed by atoms with van der Waals surface area (Å²) in [6.07, 6.45) is 1.68.